The zero-order valence-corrected chi connectivity index (χ0v) is 20.0. The molecule has 1 aliphatic heterocycles. The van der Waals surface area contributed by atoms with E-state index in [9.17, 15) is 14.9 Å². The van der Waals surface area contributed by atoms with Crippen LogP contribution in [-0.2, 0) is 16.1 Å². The number of esters is 1. The van der Waals surface area contributed by atoms with Crippen LogP contribution < -0.4 is 9.47 Å². The Bertz CT molecular complexity index is 1360. The number of rotatable bonds is 7. The van der Waals surface area contributed by atoms with Crippen molar-refractivity contribution in [1.29, 1.82) is 0 Å². The largest absolute Gasteiger partial charge is 0.493 e. The smallest absolute Gasteiger partial charge is 0.363 e. The number of nitrogens with zero attached hydrogens (tertiary/aromatic N) is 2. The van der Waals surface area contributed by atoms with Crippen molar-refractivity contribution in [2.24, 2.45) is 4.99 Å². The van der Waals surface area contributed by atoms with Gasteiger partial charge in [-0.25, -0.2) is 9.79 Å². The Morgan fingerprint density at radius 3 is 2.68 bits per heavy atom. The van der Waals surface area contributed by atoms with Crippen LogP contribution >= 0.6 is 27.5 Å². The van der Waals surface area contributed by atoms with Gasteiger partial charge in [0.2, 0.25) is 5.90 Å². The lowest BCUT2D eigenvalue weighted by Gasteiger charge is -2.11. The molecule has 4 rings (SSSR count). The van der Waals surface area contributed by atoms with Crippen molar-refractivity contribution in [3.05, 3.63) is 103 Å². The number of non-ortho nitro benzene ring substituents is 1. The highest BCUT2D eigenvalue weighted by atomic mass is 79.9. The van der Waals surface area contributed by atoms with Crippen molar-refractivity contribution < 1.29 is 23.9 Å². The molecule has 0 radical (unpaired) electrons. The van der Waals surface area contributed by atoms with Gasteiger partial charge in [0.15, 0.2) is 17.2 Å². The molecule has 8 nitrogen and oxygen atoms in total. The first kappa shape index (κ1) is 23.5. The summed E-state index contributed by atoms with van der Waals surface area (Å²) in [6.07, 6.45) is 1.54. The highest BCUT2D eigenvalue weighted by Crippen LogP contribution is 2.31. The fraction of sp³-hybridized carbons (Fsp3) is 0.0833. The topological polar surface area (TPSA) is 100 Å². The predicted molar refractivity (Wildman–Crippen MR) is 130 cm³/mol. The third-order valence-corrected chi connectivity index (χ3v) is 5.59. The lowest BCUT2D eigenvalue weighted by molar-refractivity contribution is -0.384. The summed E-state index contributed by atoms with van der Waals surface area (Å²) in [7, 11) is 1.52. The minimum Gasteiger partial charge on any atom is -0.493 e. The maximum atomic E-state index is 12.3. The highest BCUT2D eigenvalue weighted by Gasteiger charge is 2.26. The first-order chi connectivity index (χ1) is 16.3. The van der Waals surface area contributed by atoms with E-state index >= 15 is 0 Å². The molecule has 1 aliphatic rings. The molecule has 0 atom stereocenters. The van der Waals surface area contributed by atoms with E-state index < -0.39 is 10.9 Å². The van der Waals surface area contributed by atoms with Gasteiger partial charge in [-0.3, -0.25) is 10.1 Å². The Labute approximate surface area is 207 Å². The number of cyclic esters (lactones) is 1. The average Bonchev–Trinajstić information content (AvgIpc) is 3.17. The molecule has 0 spiro atoms. The molecule has 0 unspecified atom stereocenters. The first-order valence-electron chi connectivity index (χ1n) is 9.86. The lowest BCUT2D eigenvalue weighted by Crippen LogP contribution is -2.06. The van der Waals surface area contributed by atoms with Crippen LogP contribution in [0.15, 0.2) is 75.8 Å². The molecular formula is C24H16BrClN2O6. The molecule has 0 saturated carbocycles. The predicted octanol–water partition coefficient (Wildman–Crippen LogP) is 5.94. The molecule has 0 saturated heterocycles. The van der Waals surface area contributed by atoms with E-state index in [1.807, 2.05) is 24.3 Å². The van der Waals surface area contributed by atoms with Gasteiger partial charge in [-0.05, 0) is 47.5 Å². The lowest BCUT2D eigenvalue weighted by atomic mass is 10.1. The van der Waals surface area contributed by atoms with Crippen LogP contribution in [0.1, 0.15) is 16.7 Å². The third kappa shape index (κ3) is 5.27. The number of hydrogen-bond acceptors (Lipinski definition) is 7. The second-order valence-electron chi connectivity index (χ2n) is 7.09. The molecule has 1 heterocycles. The van der Waals surface area contributed by atoms with Gasteiger partial charge in [-0.1, -0.05) is 45.7 Å². The van der Waals surface area contributed by atoms with Crippen LogP contribution in [0.5, 0.6) is 11.5 Å². The summed E-state index contributed by atoms with van der Waals surface area (Å²) < 4.78 is 17.5. The van der Waals surface area contributed by atoms with Crippen molar-refractivity contribution >= 4 is 51.2 Å². The van der Waals surface area contributed by atoms with Gasteiger partial charge in [0.25, 0.3) is 5.69 Å². The molecule has 0 bridgehead atoms. The van der Waals surface area contributed by atoms with Crippen LogP contribution in [0.25, 0.3) is 6.08 Å². The minimum absolute atomic E-state index is 0.0305. The monoisotopic (exact) mass is 542 g/mol. The molecule has 3 aromatic carbocycles. The van der Waals surface area contributed by atoms with Gasteiger partial charge in [0.05, 0.1) is 22.6 Å². The number of hydrogen-bond donors (Lipinski definition) is 0. The van der Waals surface area contributed by atoms with E-state index in [1.54, 1.807) is 18.2 Å². The van der Waals surface area contributed by atoms with Crippen LogP contribution in [0, 0.1) is 10.1 Å². The number of nitro groups is 1. The van der Waals surface area contributed by atoms with E-state index in [-0.39, 0.29) is 27.9 Å². The standard InChI is InChI=1S/C24H16BrClN2O6/c1-32-22-11-14(5-8-21(22)33-13-15-3-2-4-16(25)9-15)10-20-24(29)34-23(27-20)18-7-6-17(28(30)31)12-19(18)26/h2-12H,13H2,1H3/b20-10-. The van der Waals surface area contributed by atoms with Crippen molar-refractivity contribution in [1.82, 2.24) is 0 Å². The fourth-order valence-corrected chi connectivity index (χ4v) is 3.86. The zero-order valence-electron chi connectivity index (χ0n) is 17.7. The van der Waals surface area contributed by atoms with Crippen LogP contribution in [0.4, 0.5) is 5.69 Å². The number of methoxy groups -OCH3 is 1. The summed E-state index contributed by atoms with van der Waals surface area (Å²) in [5.74, 6) is 0.328. The molecule has 172 valence electrons. The summed E-state index contributed by atoms with van der Waals surface area (Å²) in [6.45, 7) is 0.353. The van der Waals surface area contributed by atoms with Crippen molar-refractivity contribution in [2.75, 3.05) is 7.11 Å². The first-order valence-corrected chi connectivity index (χ1v) is 11.0. The summed E-state index contributed by atoms with van der Waals surface area (Å²) in [5.41, 5.74) is 1.78. The number of aliphatic imine (C=N–C) groups is 1. The van der Waals surface area contributed by atoms with E-state index in [1.165, 1.54) is 31.4 Å². The normalized spacial score (nSPS) is 14.0. The van der Waals surface area contributed by atoms with E-state index in [4.69, 9.17) is 25.8 Å². The van der Waals surface area contributed by atoms with Crippen LogP contribution in [0.3, 0.4) is 0 Å². The Balaban J connectivity index is 1.55. The van der Waals surface area contributed by atoms with Crippen LogP contribution in [-0.4, -0.2) is 23.9 Å². The Morgan fingerprint density at radius 2 is 1.97 bits per heavy atom. The summed E-state index contributed by atoms with van der Waals surface area (Å²) in [4.78, 5) is 26.9. The van der Waals surface area contributed by atoms with E-state index in [2.05, 4.69) is 20.9 Å². The Kier molecular flexibility index (Phi) is 6.95. The van der Waals surface area contributed by atoms with E-state index in [0.717, 1.165) is 10.0 Å². The van der Waals surface area contributed by atoms with Gasteiger partial charge in [-0.15, -0.1) is 0 Å². The van der Waals surface area contributed by atoms with Gasteiger partial charge < -0.3 is 14.2 Å². The van der Waals surface area contributed by atoms with Crippen molar-refractivity contribution in [2.45, 2.75) is 6.61 Å². The number of benzene rings is 3. The minimum atomic E-state index is -0.668. The molecule has 0 aliphatic carbocycles. The Hall–Kier alpha value is -3.69. The molecule has 0 aromatic heterocycles. The van der Waals surface area contributed by atoms with Gasteiger partial charge in [-0.2, -0.15) is 0 Å². The number of ether oxygens (including phenoxy) is 3. The number of carbonyl (C=O) groups excluding carboxylic acids is 1. The number of carbonyl (C=O) groups is 1. The zero-order chi connectivity index (χ0) is 24.2. The average molecular weight is 544 g/mol. The summed E-state index contributed by atoms with van der Waals surface area (Å²) >= 11 is 9.55. The molecule has 0 amide bonds. The third-order valence-electron chi connectivity index (χ3n) is 4.79. The van der Waals surface area contributed by atoms with E-state index in [0.29, 0.717) is 23.7 Å². The molecule has 0 N–H and O–H groups in total. The van der Waals surface area contributed by atoms with Crippen molar-refractivity contribution in [3.8, 4) is 11.5 Å². The number of halogens is 2. The maximum Gasteiger partial charge on any atom is 0.363 e. The molecule has 10 heteroatoms. The maximum absolute atomic E-state index is 12.3. The van der Waals surface area contributed by atoms with Crippen molar-refractivity contribution in [3.63, 3.8) is 0 Å². The summed E-state index contributed by atoms with van der Waals surface area (Å²) in [6, 6.07) is 16.8. The number of nitro benzene ring substituents is 1. The second kappa shape index (κ2) is 10.1. The van der Waals surface area contributed by atoms with Gasteiger partial charge in [0.1, 0.15) is 6.61 Å². The quantitative estimate of drug-likeness (QED) is 0.158. The van der Waals surface area contributed by atoms with Gasteiger partial charge in [0, 0.05) is 16.6 Å². The molecule has 0 fully saturated rings. The highest BCUT2D eigenvalue weighted by molar-refractivity contribution is 9.10. The SMILES string of the molecule is COc1cc(/C=C2\N=C(c3ccc([N+](=O)[O-])cc3Cl)OC2=O)ccc1OCc1cccc(Br)c1. The fourth-order valence-electron chi connectivity index (χ4n) is 3.15. The Morgan fingerprint density at radius 1 is 1.15 bits per heavy atom. The van der Waals surface area contributed by atoms with Crippen LogP contribution in [0.2, 0.25) is 5.02 Å². The molecular weight excluding hydrogens is 528 g/mol. The van der Waals surface area contributed by atoms with Gasteiger partial charge >= 0.3 is 5.97 Å². The molecule has 34 heavy (non-hydrogen) atoms. The summed E-state index contributed by atoms with van der Waals surface area (Å²) in [5, 5.41) is 10.9. The molecule has 3 aromatic rings. The second-order valence-corrected chi connectivity index (χ2v) is 8.41.